The van der Waals surface area contributed by atoms with Gasteiger partial charge in [0.25, 0.3) is 0 Å². The van der Waals surface area contributed by atoms with Crippen LogP contribution >= 0.6 is 0 Å². The van der Waals surface area contributed by atoms with Gasteiger partial charge < -0.3 is 30.5 Å². The van der Waals surface area contributed by atoms with Crippen LogP contribution in [-0.4, -0.2) is 16.7 Å². The molecule has 3 N–H and O–H groups in total. The van der Waals surface area contributed by atoms with Crippen LogP contribution in [0.15, 0.2) is 12.3 Å². The van der Waals surface area contributed by atoms with E-state index in [1.807, 2.05) is 6.07 Å². The van der Waals surface area contributed by atoms with E-state index in [-0.39, 0.29) is 27.7 Å². The summed E-state index contributed by atoms with van der Waals surface area (Å²) < 4.78 is 0. The maximum Gasteiger partial charge on any atom is 1.00 e. The summed E-state index contributed by atoms with van der Waals surface area (Å²) in [5.74, 6) is 0. The largest absolute Gasteiger partial charge is 1.00 e. The van der Waals surface area contributed by atoms with E-state index in [0.29, 0.717) is 6.54 Å². The number of aromatic amines is 1. The highest BCUT2D eigenvalue weighted by molar-refractivity contribution is 4.97. The predicted octanol–water partition coefficient (Wildman–Crippen LogP) is -5.86. The molecule has 0 saturated heterocycles. The first-order chi connectivity index (χ1) is 3.93. The number of halogens is 2. The first-order valence-corrected chi connectivity index (χ1v) is 2.62. The van der Waals surface area contributed by atoms with Gasteiger partial charge in [-0.1, -0.05) is 0 Å². The third-order valence-electron chi connectivity index (χ3n) is 0.972. The van der Waals surface area contributed by atoms with Gasteiger partial charge in [0.1, 0.15) is 0 Å². The maximum atomic E-state index is 5.27. The predicted molar refractivity (Wildman–Crippen MR) is 33.6 cm³/mol. The van der Waals surface area contributed by atoms with Crippen molar-refractivity contribution in [1.29, 1.82) is 0 Å². The molecular formula is C5H11Cl2N3. The molecule has 60 valence electrons. The van der Waals surface area contributed by atoms with E-state index in [0.717, 1.165) is 12.1 Å². The maximum absolute atomic E-state index is 5.27. The molecule has 0 aliphatic heterocycles. The lowest BCUT2D eigenvalue weighted by molar-refractivity contribution is -0.00100. The molecule has 0 amide bonds. The number of rotatable bonds is 2. The molecule has 3 nitrogen and oxygen atoms in total. The third kappa shape index (κ3) is 3.71. The van der Waals surface area contributed by atoms with Crippen molar-refractivity contribution in [2.75, 3.05) is 6.54 Å². The normalized spacial score (nSPS) is 7.70. The second kappa shape index (κ2) is 6.86. The van der Waals surface area contributed by atoms with E-state index in [9.17, 15) is 0 Å². The number of aromatic nitrogens is 2. The summed E-state index contributed by atoms with van der Waals surface area (Å²) >= 11 is 0. The Morgan fingerprint density at radius 3 is 2.70 bits per heavy atom. The number of nitrogens with zero attached hydrogens (tertiary/aromatic N) is 1. The fraction of sp³-hybridized carbons (Fsp3) is 0.400. The fourth-order valence-electron chi connectivity index (χ4n) is 0.579. The van der Waals surface area contributed by atoms with Crippen LogP contribution in [-0.2, 0) is 6.42 Å². The molecule has 0 aliphatic rings. The highest BCUT2D eigenvalue weighted by atomic mass is 35.5. The summed E-state index contributed by atoms with van der Waals surface area (Å²) in [6.45, 7) is 0.683. The molecule has 0 fully saturated rings. The van der Waals surface area contributed by atoms with Crippen LogP contribution in [0, 0.1) is 0 Å². The van der Waals surface area contributed by atoms with E-state index in [2.05, 4.69) is 10.2 Å². The van der Waals surface area contributed by atoms with Crippen LogP contribution in [0.1, 0.15) is 8.55 Å². The zero-order chi connectivity index (χ0) is 5.82. The zero-order valence-electron chi connectivity index (χ0n) is 7.35. The minimum absolute atomic E-state index is 0. The second-order valence-electron chi connectivity index (χ2n) is 1.62. The Balaban J connectivity index is -0.0000000800. The average Bonchev–Trinajstić information content (AvgIpc) is 2.19. The summed E-state index contributed by atoms with van der Waals surface area (Å²) in [4.78, 5) is 0. The standard InChI is InChI=1S/C5H9N3.2ClH/c6-3-1-5-2-4-7-8-5;;/h2,4H,1,3,6H2,(H,7,8);2*1H. The molecule has 0 saturated carbocycles. The van der Waals surface area contributed by atoms with Crippen LogP contribution < -0.4 is 30.5 Å². The Morgan fingerprint density at radius 1 is 1.60 bits per heavy atom. The molecule has 0 spiro atoms. The highest BCUT2D eigenvalue weighted by Gasteiger charge is 1.87. The minimum Gasteiger partial charge on any atom is -1.00 e. The van der Waals surface area contributed by atoms with Crippen LogP contribution in [0.3, 0.4) is 0 Å². The third-order valence-corrected chi connectivity index (χ3v) is 0.972. The van der Waals surface area contributed by atoms with E-state index >= 15 is 0 Å². The quantitative estimate of drug-likeness (QED) is 0.481. The van der Waals surface area contributed by atoms with E-state index < -0.39 is 0 Å². The number of H-pyrrole nitrogens is 1. The molecular weight excluding hydrogens is 173 g/mol. The lowest BCUT2D eigenvalue weighted by Gasteiger charge is -1.86. The number of nitrogens with one attached hydrogen (secondary N) is 1. The lowest BCUT2D eigenvalue weighted by Crippen LogP contribution is -3.00. The summed E-state index contributed by atoms with van der Waals surface area (Å²) in [7, 11) is 0. The molecule has 0 aromatic carbocycles. The van der Waals surface area contributed by atoms with Gasteiger partial charge in [0.05, 0.1) is 0 Å². The molecule has 0 atom stereocenters. The molecule has 0 unspecified atom stereocenters. The van der Waals surface area contributed by atoms with Crippen molar-refractivity contribution in [3.05, 3.63) is 18.0 Å². The lowest BCUT2D eigenvalue weighted by atomic mass is 10.3. The van der Waals surface area contributed by atoms with Crippen molar-refractivity contribution in [3.63, 3.8) is 0 Å². The van der Waals surface area contributed by atoms with Gasteiger partial charge >= 0.3 is 2.85 Å². The molecule has 0 radical (unpaired) electrons. The van der Waals surface area contributed by atoms with Crippen LogP contribution in [0.5, 0.6) is 0 Å². The van der Waals surface area contributed by atoms with Gasteiger partial charge in [-0.2, -0.15) is 5.10 Å². The number of hydrogen-bond acceptors (Lipinski definition) is 2. The number of nitrogens with two attached hydrogens (primary N) is 1. The topological polar surface area (TPSA) is 54.7 Å². The molecule has 0 bridgehead atoms. The monoisotopic (exact) mass is 183 g/mol. The van der Waals surface area contributed by atoms with Crippen molar-refractivity contribution in [3.8, 4) is 0 Å². The van der Waals surface area contributed by atoms with Crippen molar-refractivity contribution >= 4 is 0 Å². The van der Waals surface area contributed by atoms with Gasteiger partial charge in [0.15, 0.2) is 0 Å². The summed E-state index contributed by atoms with van der Waals surface area (Å²) in [5, 5.41) is 6.57. The van der Waals surface area contributed by atoms with Crippen molar-refractivity contribution in [2.45, 2.75) is 6.42 Å². The van der Waals surface area contributed by atoms with Gasteiger partial charge in [0, 0.05) is 18.3 Å². The summed E-state index contributed by atoms with van der Waals surface area (Å²) in [6, 6.07) is 1.92. The Labute approximate surface area is 75.2 Å². The highest BCUT2D eigenvalue weighted by Crippen LogP contribution is 1.88. The first-order valence-electron chi connectivity index (χ1n) is 2.62. The van der Waals surface area contributed by atoms with Gasteiger partial charge in [-0.05, 0) is 12.6 Å². The Morgan fingerprint density at radius 2 is 2.30 bits per heavy atom. The van der Waals surface area contributed by atoms with E-state index in [1.54, 1.807) is 6.20 Å². The molecule has 10 heavy (non-hydrogen) atoms. The number of hydrogen-bond donors (Lipinski definition) is 2. The summed E-state index contributed by atoms with van der Waals surface area (Å²) in [5.41, 5.74) is 6.38. The Bertz CT molecular complexity index is 148. The molecule has 1 heterocycles. The summed E-state index contributed by atoms with van der Waals surface area (Å²) in [6.07, 6.45) is 2.62. The van der Waals surface area contributed by atoms with Crippen molar-refractivity contribution in [2.24, 2.45) is 5.73 Å². The SMILES string of the molecule is NCCc1ccn[nH]1.[Cl-].[Cl-].[H+].[H+]. The average molecular weight is 184 g/mol. The van der Waals surface area contributed by atoms with Gasteiger partial charge in [-0.25, -0.2) is 0 Å². The van der Waals surface area contributed by atoms with Gasteiger partial charge in [0.2, 0.25) is 0 Å². The van der Waals surface area contributed by atoms with Crippen LogP contribution in [0.4, 0.5) is 0 Å². The second-order valence-corrected chi connectivity index (χ2v) is 1.62. The van der Waals surface area contributed by atoms with Crippen LogP contribution in [0.2, 0.25) is 0 Å². The first kappa shape index (κ1) is 12.4. The molecule has 1 aromatic heterocycles. The van der Waals surface area contributed by atoms with Crippen molar-refractivity contribution < 1.29 is 27.7 Å². The van der Waals surface area contributed by atoms with Gasteiger partial charge in [-0.3, -0.25) is 5.10 Å². The molecule has 1 rings (SSSR count). The molecule has 5 heteroatoms. The van der Waals surface area contributed by atoms with E-state index in [1.165, 1.54) is 0 Å². The Kier molecular flexibility index (Phi) is 8.53. The Hall–Kier alpha value is -0.250. The smallest absolute Gasteiger partial charge is 1.00 e. The molecule has 1 aromatic rings. The van der Waals surface area contributed by atoms with E-state index in [4.69, 9.17) is 5.73 Å². The fourth-order valence-corrected chi connectivity index (χ4v) is 0.579. The molecule has 0 aliphatic carbocycles. The minimum atomic E-state index is 0. The van der Waals surface area contributed by atoms with Crippen LogP contribution in [0.25, 0.3) is 0 Å². The van der Waals surface area contributed by atoms with Crippen molar-refractivity contribution in [1.82, 2.24) is 10.2 Å². The van der Waals surface area contributed by atoms with Gasteiger partial charge in [-0.15, -0.1) is 0 Å². The zero-order valence-corrected chi connectivity index (χ0v) is 6.86.